The van der Waals surface area contributed by atoms with Crippen LogP contribution in [-0.4, -0.2) is 18.5 Å². The van der Waals surface area contributed by atoms with Crippen LogP contribution in [0.3, 0.4) is 0 Å². The van der Waals surface area contributed by atoms with E-state index in [-0.39, 0.29) is 18.1 Å². The lowest BCUT2D eigenvalue weighted by Gasteiger charge is -2.17. The summed E-state index contributed by atoms with van der Waals surface area (Å²) < 4.78 is 11.2. The van der Waals surface area contributed by atoms with Crippen LogP contribution in [0.4, 0.5) is 5.69 Å². The summed E-state index contributed by atoms with van der Waals surface area (Å²) >= 11 is 0. The van der Waals surface area contributed by atoms with E-state index in [1.165, 1.54) is 0 Å². The summed E-state index contributed by atoms with van der Waals surface area (Å²) in [7, 11) is 0. The Hall–Kier alpha value is -4.12. The molecule has 4 rings (SSSR count). The molecule has 5 heteroatoms. The van der Waals surface area contributed by atoms with Crippen LogP contribution in [0.5, 0.6) is 11.5 Å². The second-order valence-electron chi connectivity index (χ2n) is 7.20. The van der Waals surface area contributed by atoms with E-state index >= 15 is 0 Å². The first-order valence-corrected chi connectivity index (χ1v) is 10.4. The highest BCUT2D eigenvalue weighted by atomic mass is 16.5. The number of benzene rings is 3. The molecule has 1 amide bonds. The molecule has 0 radical (unpaired) electrons. The number of hydrogen-bond acceptors (Lipinski definition) is 4. The first-order chi connectivity index (χ1) is 15.6. The Balaban J connectivity index is 1.73. The fourth-order valence-electron chi connectivity index (χ4n) is 3.63. The van der Waals surface area contributed by atoms with Gasteiger partial charge in [0.1, 0.15) is 11.5 Å². The third-order valence-corrected chi connectivity index (χ3v) is 5.04. The summed E-state index contributed by atoms with van der Waals surface area (Å²) in [5, 5.41) is 0. The molecule has 0 aromatic heterocycles. The molecular formula is C27H23NO4. The fourth-order valence-corrected chi connectivity index (χ4v) is 3.63. The molecule has 0 unspecified atom stereocenters. The fraction of sp³-hybridized carbons (Fsp3) is 0.111. The van der Waals surface area contributed by atoms with Crippen LogP contribution in [0.1, 0.15) is 19.4 Å². The van der Waals surface area contributed by atoms with Gasteiger partial charge < -0.3 is 9.47 Å². The molecule has 0 bridgehead atoms. The molecule has 1 aliphatic rings. The average molecular weight is 425 g/mol. The Kier molecular flexibility index (Phi) is 6.17. The van der Waals surface area contributed by atoms with Gasteiger partial charge in [-0.25, -0.2) is 4.79 Å². The van der Waals surface area contributed by atoms with Crippen LogP contribution in [0.25, 0.3) is 6.08 Å². The summed E-state index contributed by atoms with van der Waals surface area (Å²) in [6, 6.07) is 26.1. The summed E-state index contributed by atoms with van der Waals surface area (Å²) in [5.41, 5.74) is 2.55. The van der Waals surface area contributed by atoms with Crippen LogP contribution < -0.4 is 9.64 Å². The molecular weight excluding hydrogens is 402 g/mol. The van der Waals surface area contributed by atoms with Gasteiger partial charge in [-0.15, -0.1) is 0 Å². The van der Waals surface area contributed by atoms with Crippen molar-refractivity contribution in [2.45, 2.75) is 13.8 Å². The number of ether oxygens (including phenoxy) is 2. The van der Waals surface area contributed by atoms with Crippen molar-refractivity contribution in [2.75, 3.05) is 11.5 Å². The number of carbonyl (C=O) groups is 2. The Morgan fingerprint density at radius 3 is 2.25 bits per heavy atom. The van der Waals surface area contributed by atoms with E-state index in [1.54, 1.807) is 24.8 Å². The average Bonchev–Trinajstić information content (AvgIpc) is 3.05. The lowest BCUT2D eigenvalue weighted by Crippen LogP contribution is -2.24. The lowest BCUT2D eigenvalue weighted by molar-refractivity contribution is -0.138. The van der Waals surface area contributed by atoms with E-state index in [9.17, 15) is 9.59 Å². The molecule has 3 aromatic carbocycles. The van der Waals surface area contributed by atoms with Gasteiger partial charge >= 0.3 is 5.97 Å². The SMILES string of the molecule is CCOC(=O)C1=C(C)N(c2ccccc2)C(=O)/C1=C\c1cccc(Oc2ccccc2)c1. The molecule has 3 aromatic rings. The highest BCUT2D eigenvalue weighted by molar-refractivity contribution is 6.23. The van der Waals surface area contributed by atoms with Gasteiger partial charge in [0, 0.05) is 11.4 Å². The van der Waals surface area contributed by atoms with E-state index in [0.717, 1.165) is 5.56 Å². The monoisotopic (exact) mass is 425 g/mol. The van der Waals surface area contributed by atoms with Gasteiger partial charge in [-0.2, -0.15) is 0 Å². The maximum Gasteiger partial charge on any atom is 0.340 e. The number of amides is 1. The lowest BCUT2D eigenvalue weighted by atomic mass is 10.0. The van der Waals surface area contributed by atoms with E-state index in [2.05, 4.69) is 0 Å². The van der Waals surface area contributed by atoms with Gasteiger partial charge in [0.2, 0.25) is 0 Å². The zero-order valence-electron chi connectivity index (χ0n) is 17.9. The Bertz CT molecular complexity index is 1200. The molecule has 5 nitrogen and oxygen atoms in total. The highest BCUT2D eigenvalue weighted by Crippen LogP contribution is 2.35. The second-order valence-corrected chi connectivity index (χ2v) is 7.20. The highest BCUT2D eigenvalue weighted by Gasteiger charge is 2.38. The Morgan fingerprint density at radius 2 is 1.56 bits per heavy atom. The molecule has 32 heavy (non-hydrogen) atoms. The van der Waals surface area contributed by atoms with Crippen LogP contribution in [0.2, 0.25) is 0 Å². The van der Waals surface area contributed by atoms with Crippen molar-refractivity contribution < 1.29 is 19.1 Å². The predicted octanol–water partition coefficient (Wildman–Crippen LogP) is 5.75. The standard InChI is InChI=1S/C27H23NO4/c1-3-31-27(30)25-19(2)28(21-12-6-4-7-13-21)26(29)24(25)18-20-11-10-16-23(17-20)32-22-14-8-5-9-15-22/h4-18H,3H2,1-2H3/b24-18-. The van der Waals surface area contributed by atoms with Gasteiger partial charge in [-0.05, 0) is 61.9 Å². The molecule has 0 N–H and O–H groups in total. The van der Waals surface area contributed by atoms with Crippen molar-refractivity contribution in [3.05, 3.63) is 107 Å². The van der Waals surface area contributed by atoms with E-state index < -0.39 is 5.97 Å². The van der Waals surface area contributed by atoms with Crippen molar-refractivity contribution in [3.63, 3.8) is 0 Å². The van der Waals surface area contributed by atoms with Crippen molar-refractivity contribution in [1.82, 2.24) is 0 Å². The molecule has 0 fully saturated rings. The minimum absolute atomic E-state index is 0.225. The summed E-state index contributed by atoms with van der Waals surface area (Å²) in [6.07, 6.45) is 1.71. The number of esters is 1. The van der Waals surface area contributed by atoms with Crippen LogP contribution in [-0.2, 0) is 14.3 Å². The number of carbonyl (C=O) groups excluding carboxylic acids is 2. The summed E-state index contributed by atoms with van der Waals surface area (Å²) in [6.45, 7) is 3.73. The van der Waals surface area contributed by atoms with Crippen molar-refractivity contribution >= 4 is 23.6 Å². The van der Waals surface area contributed by atoms with Gasteiger partial charge in [-0.3, -0.25) is 9.69 Å². The normalized spacial score (nSPS) is 14.8. The predicted molar refractivity (Wildman–Crippen MR) is 124 cm³/mol. The molecule has 0 saturated carbocycles. The maximum absolute atomic E-state index is 13.4. The molecule has 160 valence electrons. The van der Waals surface area contributed by atoms with E-state index in [1.807, 2.05) is 84.9 Å². The van der Waals surface area contributed by atoms with Crippen molar-refractivity contribution in [3.8, 4) is 11.5 Å². The third kappa shape index (κ3) is 4.32. The van der Waals surface area contributed by atoms with Crippen LogP contribution >= 0.6 is 0 Å². The van der Waals surface area contributed by atoms with Crippen molar-refractivity contribution in [1.29, 1.82) is 0 Å². The van der Waals surface area contributed by atoms with Gasteiger partial charge in [0.15, 0.2) is 0 Å². The Labute approximate surface area is 187 Å². The minimum Gasteiger partial charge on any atom is -0.462 e. The molecule has 1 aliphatic heterocycles. The topological polar surface area (TPSA) is 55.8 Å². The first kappa shape index (κ1) is 21.1. The molecule has 0 atom stereocenters. The number of anilines is 1. The molecule has 1 heterocycles. The van der Waals surface area contributed by atoms with Gasteiger partial charge in [0.05, 0.1) is 17.8 Å². The Morgan fingerprint density at radius 1 is 0.906 bits per heavy atom. The molecule has 0 aliphatic carbocycles. The van der Waals surface area contributed by atoms with E-state index in [4.69, 9.17) is 9.47 Å². The van der Waals surface area contributed by atoms with Gasteiger partial charge in [0.25, 0.3) is 5.91 Å². The van der Waals surface area contributed by atoms with Crippen LogP contribution in [0.15, 0.2) is 102 Å². The van der Waals surface area contributed by atoms with E-state index in [0.29, 0.717) is 28.5 Å². The van der Waals surface area contributed by atoms with Crippen molar-refractivity contribution in [2.24, 2.45) is 0 Å². The number of allylic oxidation sites excluding steroid dienone is 1. The van der Waals surface area contributed by atoms with Gasteiger partial charge in [-0.1, -0.05) is 48.5 Å². The smallest absolute Gasteiger partial charge is 0.340 e. The molecule has 0 saturated heterocycles. The summed E-state index contributed by atoms with van der Waals surface area (Å²) in [4.78, 5) is 27.7. The largest absolute Gasteiger partial charge is 0.462 e. The quantitative estimate of drug-likeness (QED) is 0.373. The number of rotatable bonds is 6. The first-order valence-electron chi connectivity index (χ1n) is 10.4. The second kappa shape index (κ2) is 9.35. The number of nitrogens with zero attached hydrogens (tertiary/aromatic N) is 1. The summed E-state index contributed by atoms with van der Waals surface area (Å²) in [5.74, 6) is 0.563. The maximum atomic E-state index is 13.4. The third-order valence-electron chi connectivity index (χ3n) is 5.04. The number of hydrogen-bond donors (Lipinski definition) is 0. The number of para-hydroxylation sites is 2. The molecule has 0 spiro atoms. The van der Waals surface area contributed by atoms with Crippen LogP contribution in [0, 0.1) is 0 Å². The zero-order valence-corrected chi connectivity index (χ0v) is 17.9. The minimum atomic E-state index is -0.514. The zero-order chi connectivity index (χ0) is 22.5.